The molecule has 2 rings (SSSR count). The van der Waals surface area contributed by atoms with E-state index in [4.69, 9.17) is 17.3 Å². The molecule has 0 saturated heterocycles. The minimum Gasteiger partial charge on any atom is -0.326 e. The van der Waals surface area contributed by atoms with Gasteiger partial charge < -0.3 is 5.73 Å². The summed E-state index contributed by atoms with van der Waals surface area (Å²) in [6.45, 7) is 7.24. The van der Waals surface area contributed by atoms with Crippen molar-refractivity contribution in [3.63, 3.8) is 0 Å². The molecule has 2 heteroatoms. The molecule has 0 radical (unpaired) electrons. The van der Waals surface area contributed by atoms with E-state index in [-0.39, 0.29) is 5.41 Å². The molecule has 0 aliphatic rings. The van der Waals surface area contributed by atoms with E-state index in [1.165, 1.54) is 11.1 Å². The standard InChI is InChI=1S/C18H22ClN/c1-4-18(2,3)16-8-5-13(6-9-16)14-7-10-17(19)15(11-14)12-20/h5-11H,4,12,20H2,1-3H3. The molecule has 0 aliphatic carbocycles. The van der Waals surface area contributed by atoms with E-state index in [1.807, 2.05) is 12.1 Å². The Labute approximate surface area is 126 Å². The molecular weight excluding hydrogens is 266 g/mol. The second-order valence-corrected chi connectivity index (χ2v) is 6.23. The van der Waals surface area contributed by atoms with Crippen LogP contribution in [0.3, 0.4) is 0 Å². The maximum Gasteiger partial charge on any atom is 0.0451 e. The van der Waals surface area contributed by atoms with Gasteiger partial charge in [-0.05, 0) is 46.2 Å². The van der Waals surface area contributed by atoms with Crippen LogP contribution >= 0.6 is 11.6 Å². The average Bonchev–Trinajstić information content (AvgIpc) is 2.48. The fourth-order valence-corrected chi connectivity index (χ4v) is 2.42. The predicted octanol–water partition coefficient (Wildman–Crippen LogP) is 5.15. The van der Waals surface area contributed by atoms with Crippen molar-refractivity contribution in [1.29, 1.82) is 0 Å². The highest BCUT2D eigenvalue weighted by Crippen LogP contribution is 2.30. The van der Waals surface area contributed by atoms with E-state index in [0.717, 1.165) is 22.6 Å². The minimum atomic E-state index is 0.223. The molecule has 2 N–H and O–H groups in total. The Kier molecular flexibility index (Phi) is 4.52. The smallest absolute Gasteiger partial charge is 0.0451 e. The van der Waals surface area contributed by atoms with Crippen LogP contribution in [-0.2, 0) is 12.0 Å². The van der Waals surface area contributed by atoms with Crippen molar-refractivity contribution in [1.82, 2.24) is 0 Å². The second kappa shape index (κ2) is 5.99. The van der Waals surface area contributed by atoms with Crippen molar-refractivity contribution in [3.05, 3.63) is 58.6 Å². The third kappa shape index (κ3) is 3.05. The van der Waals surface area contributed by atoms with Crippen LogP contribution in [0.15, 0.2) is 42.5 Å². The van der Waals surface area contributed by atoms with E-state index in [9.17, 15) is 0 Å². The second-order valence-electron chi connectivity index (χ2n) is 5.83. The summed E-state index contributed by atoms with van der Waals surface area (Å²) < 4.78 is 0. The lowest BCUT2D eigenvalue weighted by Gasteiger charge is -2.23. The summed E-state index contributed by atoms with van der Waals surface area (Å²) in [7, 11) is 0. The van der Waals surface area contributed by atoms with Gasteiger partial charge >= 0.3 is 0 Å². The van der Waals surface area contributed by atoms with Crippen LogP contribution in [0.5, 0.6) is 0 Å². The minimum absolute atomic E-state index is 0.223. The summed E-state index contributed by atoms with van der Waals surface area (Å²) in [4.78, 5) is 0. The molecule has 0 heterocycles. The van der Waals surface area contributed by atoms with E-state index in [1.54, 1.807) is 0 Å². The number of halogens is 1. The first-order valence-corrected chi connectivity index (χ1v) is 7.45. The van der Waals surface area contributed by atoms with Crippen LogP contribution in [0.2, 0.25) is 5.02 Å². The largest absolute Gasteiger partial charge is 0.326 e. The van der Waals surface area contributed by atoms with Crippen LogP contribution in [-0.4, -0.2) is 0 Å². The molecule has 0 spiro atoms. The van der Waals surface area contributed by atoms with Crippen LogP contribution in [0.1, 0.15) is 38.3 Å². The lowest BCUT2D eigenvalue weighted by molar-refractivity contribution is 0.506. The quantitative estimate of drug-likeness (QED) is 0.826. The van der Waals surface area contributed by atoms with Crippen LogP contribution < -0.4 is 5.73 Å². The van der Waals surface area contributed by atoms with E-state index in [2.05, 4.69) is 51.1 Å². The van der Waals surface area contributed by atoms with Gasteiger partial charge in [0.1, 0.15) is 0 Å². The molecule has 106 valence electrons. The van der Waals surface area contributed by atoms with Gasteiger partial charge in [-0.3, -0.25) is 0 Å². The Morgan fingerprint density at radius 1 is 1.00 bits per heavy atom. The van der Waals surface area contributed by atoms with Gasteiger partial charge in [0.2, 0.25) is 0 Å². The predicted molar refractivity (Wildman–Crippen MR) is 88.1 cm³/mol. The zero-order valence-electron chi connectivity index (χ0n) is 12.4. The molecule has 2 aromatic rings. The van der Waals surface area contributed by atoms with Crippen molar-refractivity contribution in [2.45, 2.75) is 39.2 Å². The summed E-state index contributed by atoms with van der Waals surface area (Å²) >= 11 is 6.11. The van der Waals surface area contributed by atoms with Gasteiger partial charge in [0, 0.05) is 11.6 Å². The van der Waals surface area contributed by atoms with Gasteiger partial charge in [-0.1, -0.05) is 62.7 Å². The molecule has 0 aliphatic heterocycles. The van der Waals surface area contributed by atoms with E-state index >= 15 is 0 Å². The number of rotatable bonds is 4. The Hall–Kier alpha value is -1.31. The van der Waals surface area contributed by atoms with Crippen molar-refractivity contribution < 1.29 is 0 Å². The van der Waals surface area contributed by atoms with E-state index in [0.29, 0.717) is 6.54 Å². The van der Waals surface area contributed by atoms with Gasteiger partial charge in [-0.15, -0.1) is 0 Å². The topological polar surface area (TPSA) is 26.0 Å². The maximum absolute atomic E-state index is 6.11. The summed E-state index contributed by atoms with van der Waals surface area (Å²) in [6.07, 6.45) is 1.13. The van der Waals surface area contributed by atoms with Crippen molar-refractivity contribution in [2.75, 3.05) is 0 Å². The van der Waals surface area contributed by atoms with E-state index < -0.39 is 0 Å². The summed E-state index contributed by atoms with van der Waals surface area (Å²) in [5.41, 5.74) is 10.7. The Morgan fingerprint density at radius 2 is 1.60 bits per heavy atom. The lowest BCUT2D eigenvalue weighted by atomic mass is 9.82. The number of benzene rings is 2. The van der Waals surface area contributed by atoms with Crippen LogP contribution in [0.25, 0.3) is 11.1 Å². The molecular formula is C18H22ClN. The first kappa shape index (κ1) is 15.1. The molecule has 0 unspecified atom stereocenters. The molecule has 0 aromatic heterocycles. The third-order valence-electron chi connectivity index (χ3n) is 4.15. The van der Waals surface area contributed by atoms with Crippen molar-refractivity contribution >= 4 is 11.6 Å². The SMILES string of the molecule is CCC(C)(C)c1ccc(-c2ccc(Cl)c(CN)c2)cc1. The Bertz CT molecular complexity index is 585. The molecule has 0 saturated carbocycles. The van der Waals surface area contributed by atoms with Crippen molar-refractivity contribution in [3.8, 4) is 11.1 Å². The zero-order chi connectivity index (χ0) is 14.8. The molecule has 0 fully saturated rings. The highest BCUT2D eigenvalue weighted by Gasteiger charge is 2.17. The fourth-order valence-electron chi connectivity index (χ4n) is 2.23. The highest BCUT2D eigenvalue weighted by atomic mass is 35.5. The molecule has 1 nitrogen and oxygen atoms in total. The number of hydrogen-bond donors (Lipinski definition) is 1. The first-order chi connectivity index (χ1) is 9.47. The molecule has 20 heavy (non-hydrogen) atoms. The normalized spacial score (nSPS) is 11.7. The summed E-state index contributed by atoms with van der Waals surface area (Å²) in [5.74, 6) is 0. The highest BCUT2D eigenvalue weighted by molar-refractivity contribution is 6.31. The van der Waals surface area contributed by atoms with Crippen LogP contribution in [0.4, 0.5) is 0 Å². The number of nitrogens with two attached hydrogens (primary N) is 1. The first-order valence-electron chi connectivity index (χ1n) is 7.07. The van der Waals surface area contributed by atoms with Gasteiger partial charge in [0.25, 0.3) is 0 Å². The molecule has 0 amide bonds. The van der Waals surface area contributed by atoms with Gasteiger partial charge in [0.15, 0.2) is 0 Å². The zero-order valence-corrected chi connectivity index (χ0v) is 13.2. The Balaban J connectivity index is 2.35. The Morgan fingerprint density at radius 3 is 2.15 bits per heavy atom. The lowest BCUT2D eigenvalue weighted by Crippen LogP contribution is -2.14. The molecule has 0 atom stereocenters. The summed E-state index contributed by atoms with van der Waals surface area (Å²) in [5, 5.41) is 0.736. The van der Waals surface area contributed by atoms with Gasteiger partial charge in [0.05, 0.1) is 0 Å². The maximum atomic E-state index is 6.11. The third-order valence-corrected chi connectivity index (χ3v) is 4.52. The van der Waals surface area contributed by atoms with Crippen molar-refractivity contribution in [2.24, 2.45) is 5.73 Å². The molecule has 2 aromatic carbocycles. The fraction of sp³-hybridized carbons (Fsp3) is 0.333. The number of hydrogen-bond acceptors (Lipinski definition) is 1. The van der Waals surface area contributed by atoms with Gasteiger partial charge in [-0.25, -0.2) is 0 Å². The monoisotopic (exact) mass is 287 g/mol. The van der Waals surface area contributed by atoms with Gasteiger partial charge in [-0.2, -0.15) is 0 Å². The molecule has 0 bridgehead atoms. The van der Waals surface area contributed by atoms with Crippen LogP contribution in [0, 0.1) is 0 Å². The summed E-state index contributed by atoms with van der Waals surface area (Å²) in [6, 6.07) is 14.8. The average molecular weight is 288 g/mol.